The molecule has 1 aliphatic rings. The van der Waals surface area contributed by atoms with E-state index < -0.39 is 0 Å². The Bertz CT molecular complexity index is 1040. The number of aromatic nitrogens is 1. The van der Waals surface area contributed by atoms with Gasteiger partial charge in [-0.15, -0.1) is 0 Å². The van der Waals surface area contributed by atoms with Crippen LogP contribution < -0.4 is 5.32 Å². The van der Waals surface area contributed by atoms with Gasteiger partial charge in [0.15, 0.2) is 5.13 Å². The van der Waals surface area contributed by atoms with Crippen LogP contribution in [0, 0.1) is 11.3 Å². The number of nitriles is 1. The van der Waals surface area contributed by atoms with Gasteiger partial charge < -0.3 is 4.74 Å². The molecule has 1 aliphatic heterocycles. The number of hydrogen-bond donors (Lipinski definition) is 1. The number of carbonyl (C=O) groups excluding carboxylic acids is 1. The Kier molecular flexibility index (Phi) is 5.96. The highest BCUT2D eigenvalue weighted by molar-refractivity contribution is 7.16. The van der Waals surface area contributed by atoms with Crippen molar-refractivity contribution in [1.29, 1.82) is 5.26 Å². The lowest BCUT2D eigenvalue weighted by Gasteiger charge is -2.26. The van der Waals surface area contributed by atoms with E-state index in [1.165, 1.54) is 11.3 Å². The number of nitrogens with one attached hydrogen (secondary N) is 1. The second-order valence-electron chi connectivity index (χ2n) is 6.69. The molecule has 0 saturated carbocycles. The Morgan fingerprint density at radius 1 is 1.17 bits per heavy atom. The number of thiazole rings is 1. The van der Waals surface area contributed by atoms with Crippen molar-refractivity contribution in [3.8, 4) is 17.3 Å². The van der Waals surface area contributed by atoms with Crippen LogP contribution >= 0.6 is 11.3 Å². The van der Waals surface area contributed by atoms with Crippen LogP contribution in [0.25, 0.3) is 11.3 Å². The summed E-state index contributed by atoms with van der Waals surface area (Å²) in [7, 11) is 0. The largest absolute Gasteiger partial charge is 0.379 e. The van der Waals surface area contributed by atoms with E-state index in [2.05, 4.69) is 16.3 Å². The molecule has 0 unspecified atom stereocenters. The summed E-state index contributed by atoms with van der Waals surface area (Å²) < 4.78 is 5.44. The van der Waals surface area contributed by atoms with Gasteiger partial charge in [0.25, 0.3) is 5.91 Å². The molecule has 6 nitrogen and oxygen atoms in total. The van der Waals surface area contributed by atoms with Gasteiger partial charge in [-0.25, -0.2) is 4.98 Å². The number of morpholine rings is 1. The molecule has 0 atom stereocenters. The van der Waals surface area contributed by atoms with Crippen molar-refractivity contribution < 1.29 is 9.53 Å². The molecule has 4 rings (SSSR count). The molecule has 146 valence electrons. The molecule has 0 spiro atoms. The van der Waals surface area contributed by atoms with E-state index in [0.717, 1.165) is 49.0 Å². The number of amides is 1. The van der Waals surface area contributed by atoms with E-state index in [-0.39, 0.29) is 5.91 Å². The van der Waals surface area contributed by atoms with Gasteiger partial charge >= 0.3 is 0 Å². The number of anilines is 1. The predicted octanol–water partition coefficient (Wildman–Crippen LogP) is 3.77. The maximum absolute atomic E-state index is 12.6. The predicted molar refractivity (Wildman–Crippen MR) is 113 cm³/mol. The number of hydrogen-bond acceptors (Lipinski definition) is 6. The summed E-state index contributed by atoms with van der Waals surface area (Å²) in [6.07, 6.45) is 0. The lowest BCUT2D eigenvalue weighted by Crippen LogP contribution is -2.35. The topological polar surface area (TPSA) is 78.2 Å². The minimum absolute atomic E-state index is 0.270. The van der Waals surface area contributed by atoms with Gasteiger partial charge in [0.1, 0.15) is 0 Å². The van der Waals surface area contributed by atoms with E-state index in [0.29, 0.717) is 16.3 Å². The van der Waals surface area contributed by atoms with Gasteiger partial charge in [0, 0.05) is 35.6 Å². The van der Waals surface area contributed by atoms with Gasteiger partial charge in [-0.1, -0.05) is 47.7 Å². The van der Waals surface area contributed by atoms with Crippen molar-refractivity contribution in [2.45, 2.75) is 6.54 Å². The monoisotopic (exact) mass is 404 g/mol. The molecule has 1 aromatic heterocycles. The highest BCUT2D eigenvalue weighted by Gasteiger charge is 2.19. The number of nitrogens with zero attached hydrogens (tertiary/aromatic N) is 3. The third kappa shape index (κ3) is 4.69. The fourth-order valence-electron chi connectivity index (χ4n) is 3.20. The molecule has 1 fully saturated rings. The zero-order valence-electron chi connectivity index (χ0n) is 15.8. The maximum atomic E-state index is 12.6. The molecular formula is C22H20N4O2S. The Morgan fingerprint density at radius 2 is 1.97 bits per heavy atom. The normalized spacial score (nSPS) is 14.3. The summed E-state index contributed by atoms with van der Waals surface area (Å²) >= 11 is 1.49. The average molecular weight is 404 g/mol. The molecule has 2 heterocycles. The van der Waals surface area contributed by atoms with Gasteiger partial charge in [0.05, 0.1) is 30.5 Å². The quantitative estimate of drug-likeness (QED) is 0.700. The summed E-state index contributed by atoms with van der Waals surface area (Å²) in [6, 6.07) is 18.7. The highest BCUT2D eigenvalue weighted by Crippen LogP contribution is 2.32. The molecule has 0 bridgehead atoms. The fraction of sp³-hybridized carbons (Fsp3) is 0.227. The molecule has 1 saturated heterocycles. The number of rotatable bonds is 5. The highest BCUT2D eigenvalue weighted by atomic mass is 32.1. The van der Waals surface area contributed by atoms with Crippen LogP contribution in [0.3, 0.4) is 0 Å². The van der Waals surface area contributed by atoms with Crippen LogP contribution in [0.4, 0.5) is 5.13 Å². The van der Waals surface area contributed by atoms with Crippen LogP contribution in [0.1, 0.15) is 20.8 Å². The van der Waals surface area contributed by atoms with Crippen LogP contribution in [0.15, 0.2) is 54.6 Å². The van der Waals surface area contributed by atoms with Crippen LogP contribution in [-0.2, 0) is 11.3 Å². The first-order valence-electron chi connectivity index (χ1n) is 9.39. The van der Waals surface area contributed by atoms with Crippen molar-refractivity contribution in [1.82, 2.24) is 9.88 Å². The average Bonchev–Trinajstić information content (AvgIpc) is 3.17. The molecule has 0 radical (unpaired) electrons. The van der Waals surface area contributed by atoms with Crippen LogP contribution in [0.5, 0.6) is 0 Å². The van der Waals surface area contributed by atoms with Gasteiger partial charge in [0.2, 0.25) is 0 Å². The standard InChI is InChI=1S/C22H20N4O2S/c23-14-16-5-4-8-18(13-16)21(27)25-22-24-20(17-6-2-1-3-7-17)19(29-22)15-26-9-11-28-12-10-26/h1-8,13H,9-12,15H2,(H,24,25,27). The molecule has 29 heavy (non-hydrogen) atoms. The van der Waals surface area contributed by atoms with E-state index in [9.17, 15) is 4.79 Å². The SMILES string of the molecule is N#Cc1cccc(C(=O)Nc2nc(-c3ccccc3)c(CN3CCOCC3)s2)c1. The van der Waals surface area contributed by atoms with E-state index in [4.69, 9.17) is 15.0 Å². The Balaban J connectivity index is 1.60. The summed E-state index contributed by atoms with van der Waals surface area (Å²) in [4.78, 5) is 20.8. The fourth-order valence-corrected chi connectivity index (χ4v) is 4.22. The number of carbonyl (C=O) groups is 1. The van der Waals surface area contributed by atoms with Crippen LogP contribution in [0.2, 0.25) is 0 Å². The minimum Gasteiger partial charge on any atom is -0.379 e. The number of benzene rings is 2. The maximum Gasteiger partial charge on any atom is 0.257 e. The zero-order valence-corrected chi connectivity index (χ0v) is 16.6. The van der Waals surface area contributed by atoms with E-state index in [1.807, 2.05) is 30.3 Å². The second-order valence-corrected chi connectivity index (χ2v) is 7.78. The molecule has 1 N–H and O–H groups in total. The molecule has 0 aliphatic carbocycles. The van der Waals surface area contributed by atoms with Gasteiger partial charge in [-0.05, 0) is 18.2 Å². The molecular weight excluding hydrogens is 384 g/mol. The smallest absolute Gasteiger partial charge is 0.257 e. The van der Waals surface area contributed by atoms with Crippen molar-refractivity contribution in [2.75, 3.05) is 31.6 Å². The summed E-state index contributed by atoms with van der Waals surface area (Å²) in [5, 5.41) is 12.5. The Morgan fingerprint density at radius 3 is 2.72 bits per heavy atom. The zero-order chi connectivity index (χ0) is 20.1. The van der Waals surface area contributed by atoms with Crippen LogP contribution in [-0.4, -0.2) is 42.1 Å². The third-order valence-corrected chi connectivity index (χ3v) is 5.65. The van der Waals surface area contributed by atoms with Crippen molar-refractivity contribution in [2.24, 2.45) is 0 Å². The summed E-state index contributed by atoms with van der Waals surface area (Å²) in [5.74, 6) is -0.270. The molecule has 3 aromatic rings. The van der Waals surface area contributed by atoms with E-state index >= 15 is 0 Å². The van der Waals surface area contributed by atoms with Crippen molar-refractivity contribution in [3.63, 3.8) is 0 Å². The summed E-state index contributed by atoms with van der Waals surface area (Å²) in [5.41, 5.74) is 2.81. The lowest BCUT2D eigenvalue weighted by atomic mass is 10.1. The first kappa shape index (κ1) is 19.3. The first-order chi connectivity index (χ1) is 14.2. The van der Waals surface area contributed by atoms with Gasteiger partial charge in [-0.3, -0.25) is 15.0 Å². The third-order valence-electron chi connectivity index (χ3n) is 4.69. The Labute approximate surface area is 173 Å². The van der Waals surface area contributed by atoms with Gasteiger partial charge in [-0.2, -0.15) is 5.26 Å². The molecule has 2 aromatic carbocycles. The first-order valence-corrected chi connectivity index (χ1v) is 10.2. The second kappa shape index (κ2) is 8.97. The lowest BCUT2D eigenvalue weighted by molar-refractivity contribution is 0.0347. The molecule has 7 heteroatoms. The number of ether oxygens (including phenoxy) is 1. The summed E-state index contributed by atoms with van der Waals surface area (Å²) in [6.45, 7) is 4.01. The van der Waals surface area contributed by atoms with E-state index in [1.54, 1.807) is 24.3 Å². The molecule has 1 amide bonds. The van der Waals surface area contributed by atoms with Crippen molar-refractivity contribution in [3.05, 3.63) is 70.6 Å². The Hall–Kier alpha value is -3.05. The minimum atomic E-state index is -0.270. The van der Waals surface area contributed by atoms with Crippen molar-refractivity contribution >= 4 is 22.4 Å².